The van der Waals surface area contributed by atoms with Crippen LogP contribution in [0.4, 0.5) is 0 Å². The molecule has 0 saturated carbocycles. The maximum Gasteiger partial charge on any atom is 0.234 e. The second-order valence-electron chi connectivity index (χ2n) is 8.12. The minimum atomic E-state index is -0.161. The lowest BCUT2D eigenvalue weighted by atomic mass is 10.2. The summed E-state index contributed by atoms with van der Waals surface area (Å²) in [6.07, 6.45) is 0. The number of hydrogen-bond donors (Lipinski definition) is 1. The number of benzene rings is 2. The molecular formula is C25H31N3O4. The van der Waals surface area contributed by atoms with E-state index in [0.717, 1.165) is 61.0 Å². The Kier molecular flexibility index (Phi) is 7.29. The molecule has 7 heteroatoms. The number of nitrogens with one attached hydrogen (secondary N) is 1. The van der Waals surface area contributed by atoms with Gasteiger partial charge in [0.1, 0.15) is 29.4 Å². The Morgan fingerprint density at radius 2 is 1.72 bits per heavy atom. The molecule has 1 aromatic heterocycles. The number of rotatable bonds is 9. The first-order valence-electron chi connectivity index (χ1n) is 11.1. The minimum Gasteiger partial charge on any atom is -0.497 e. The first-order chi connectivity index (χ1) is 15.6. The molecule has 0 aliphatic carbocycles. The van der Waals surface area contributed by atoms with Gasteiger partial charge in [0.05, 0.1) is 19.7 Å². The summed E-state index contributed by atoms with van der Waals surface area (Å²) < 4.78 is 16.8. The van der Waals surface area contributed by atoms with Crippen molar-refractivity contribution in [3.05, 3.63) is 60.4 Å². The van der Waals surface area contributed by atoms with E-state index in [1.807, 2.05) is 61.5 Å². The Morgan fingerprint density at radius 1 is 1.03 bits per heavy atom. The number of para-hydroxylation sites is 1. The Balaban J connectivity index is 1.15. The molecule has 32 heavy (non-hydrogen) atoms. The largest absolute Gasteiger partial charge is 0.497 e. The molecule has 1 atom stereocenters. The fourth-order valence-electron chi connectivity index (χ4n) is 3.91. The van der Waals surface area contributed by atoms with Crippen molar-refractivity contribution in [3.8, 4) is 11.5 Å². The van der Waals surface area contributed by atoms with Crippen molar-refractivity contribution < 1.29 is 18.7 Å². The summed E-state index contributed by atoms with van der Waals surface area (Å²) in [5.74, 6) is 2.47. The number of amides is 1. The predicted molar refractivity (Wildman–Crippen MR) is 124 cm³/mol. The highest BCUT2D eigenvalue weighted by Gasteiger charge is 2.20. The molecule has 1 aliphatic rings. The number of carbonyl (C=O) groups excluding carboxylic acids is 1. The van der Waals surface area contributed by atoms with Crippen LogP contribution in [-0.4, -0.2) is 68.7 Å². The Bertz CT molecular complexity index is 976. The lowest BCUT2D eigenvalue weighted by molar-refractivity contribution is -0.123. The van der Waals surface area contributed by atoms with Crippen LogP contribution in [0.1, 0.15) is 18.7 Å². The summed E-state index contributed by atoms with van der Waals surface area (Å²) in [5.41, 5.74) is 0.843. The number of methoxy groups -OCH3 is 1. The lowest BCUT2D eigenvalue weighted by Gasteiger charge is -2.34. The molecule has 170 valence electrons. The van der Waals surface area contributed by atoms with Crippen LogP contribution in [0.5, 0.6) is 11.5 Å². The summed E-state index contributed by atoms with van der Waals surface area (Å²) in [4.78, 5) is 17.1. The van der Waals surface area contributed by atoms with E-state index < -0.39 is 0 Å². The number of furan rings is 1. The van der Waals surface area contributed by atoms with Gasteiger partial charge in [0.2, 0.25) is 5.91 Å². The van der Waals surface area contributed by atoms with Gasteiger partial charge in [-0.25, -0.2) is 0 Å². The molecule has 1 fully saturated rings. The zero-order chi connectivity index (χ0) is 22.3. The molecule has 1 aliphatic heterocycles. The van der Waals surface area contributed by atoms with E-state index in [1.165, 1.54) is 0 Å². The van der Waals surface area contributed by atoms with Gasteiger partial charge in [-0.1, -0.05) is 18.2 Å². The molecule has 1 unspecified atom stereocenters. The summed E-state index contributed by atoms with van der Waals surface area (Å²) in [6.45, 7) is 7.47. The highest BCUT2D eigenvalue weighted by Crippen LogP contribution is 2.23. The second-order valence-corrected chi connectivity index (χ2v) is 8.12. The first kappa shape index (κ1) is 22.2. The molecule has 1 saturated heterocycles. The molecule has 0 bridgehead atoms. The van der Waals surface area contributed by atoms with Crippen molar-refractivity contribution in [2.24, 2.45) is 0 Å². The zero-order valence-corrected chi connectivity index (χ0v) is 18.8. The van der Waals surface area contributed by atoms with Crippen molar-refractivity contribution in [1.82, 2.24) is 15.1 Å². The standard InChI is InChI=1S/C25H31N3O4/c1-19(24-17-20-5-3-4-6-23(20)32-24)26-25(29)18-28-13-11-27(12-14-28)15-16-31-22-9-7-21(30-2)8-10-22/h3-10,17,19H,11-16,18H2,1-2H3,(H,26,29). The maximum atomic E-state index is 12.5. The van der Waals surface area contributed by atoms with Crippen LogP contribution in [0.2, 0.25) is 0 Å². The third-order valence-electron chi connectivity index (χ3n) is 5.82. The Morgan fingerprint density at radius 3 is 2.44 bits per heavy atom. The number of ether oxygens (including phenoxy) is 2. The van der Waals surface area contributed by atoms with Gasteiger partial charge < -0.3 is 19.2 Å². The highest BCUT2D eigenvalue weighted by atomic mass is 16.5. The second kappa shape index (κ2) is 10.5. The van der Waals surface area contributed by atoms with Gasteiger partial charge >= 0.3 is 0 Å². The van der Waals surface area contributed by atoms with Crippen molar-refractivity contribution in [1.29, 1.82) is 0 Å². The van der Waals surface area contributed by atoms with Crippen molar-refractivity contribution in [2.75, 3.05) is 53.0 Å². The molecule has 0 radical (unpaired) electrons. The molecule has 7 nitrogen and oxygen atoms in total. The maximum absolute atomic E-state index is 12.5. The number of hydrogen-bond acceptors (Lipinski definition) is 6. The molecule has 1 amide bonds. The molecule has 2 heterocycles. The van der Waals surface area contributed by atoms with Crippen LogP contribution in [0.15, 0.2) is 59.0 Å². The lowest BCUT2D eigenvalue weighted by Crippen LogP contribution is -2.50. The number of carbonyl (C=O) groups is 1. The third-order valence-corrected chi connectivity index (χ3v) is 5.82. The van der Waals surface area contributed by atoms with Crippen LogP contribution in [0.25, 0.3) is 11.0 Å². The third kappa shape index (κ3) is 5.81. The summed E-state index contributed by atoms with van der Waals surface area (Å²) in [5, 5.41) is 4.11. The molecule has 3 aromatic rings. The van der Waals surface area contributed by atoms with Gasteiger partial charge in [-0.15, -0.1) is 0 Å². The summed E-state index contributed by atoms with van der Waals surface area (Å²) in [7, 11) is 1.65. The minimum absolute atomic E-state index is 0.0224. The monoisotopic (exact) mass is 437 g/mol. The van der Waals surface area contributed by atoms with E-state index >= 15 is 0 Å². The predicted octanol–water partition coefficient (Wildman–Crippen LogP) is 3.32. The van der Waals surface area contributed by atoms with Gasteiger partial charge in [-0.05, 0) is 43.3 Å². The van der Waals surface area contributed by atoms with E-state index in [0.29, 0.717) is 13.2 Å². The van der Waals surface area contributed by atoms with Crippen LogP contribution < -0.4 is 14.8 Å². The smallest absolute Gasteiger partial charge is 0.234 e. The van der Waals surface area contributed by atoms with Gasteiger partial charge in [0.25, 0.3) is 0 Å². The van der Waals surface area contributed by atoms with E-state index in [1.54, 1.807) is 7.11 Å². The summed E-state index contributed by atoms with van der Waals surface area (Å²) >= 11 is 0. The van der Waals surface area contributed by atoms with Crippen LogP contribution >= 0.6 is 0 Å². The van der Waals surface area contributed by atoms with E-state index in [2.05, 4.69) is 15.1 Å². The fraction of sp³-hybridized carbons (Fsp3) is 0.400. The summed E-state index contributed by atoms with van der Waals surface area (Å²) in [6, 6.07) is 17.3. The van der Waals surface area contributed by atoms with Gasteiger partial charge in [0, 0.05) is 38.1 Å². The number of nitrogens with zero attached hydrogens (tertiary/aromatic N) is 2. The van der Waals surface area contributed by atoms with E-state index in [-0.39, 0.29) is 11.9 Å². The normalized spacial score (nSPS) is 16.1. The molecular weight excluding hydrogens is 406 g/mol. The van der Waals surface area contributed by atoms with Gasteiger partial charge in [-0.2, -0.15) is 0 Å². The number of fused-ring (bicyclic) bond motifs is 1. The number of piperazine rings is 1. The topological polar surface area (TPSA) is 67.2 Å². The molecule has 1 N–H and O–H groups in total. The van der Waals surface area contributed by atoms with Crippen molar-refractivity contribution >= 4 is 16.9 Å². The van der Waals surface area contributed by atoms with Gasteiger partial charge in [0.15, 0.2) is 0 Å². The highest BCUT2D eigenvalue weighted by molar-refractivity contribution is 5.80. The molecule has 2 aromatic carbocycles. The molecule has 4 rings (SSSR count). The van der Waals surface area contributed by atoms with E-state index in [4.69, 9.17) is 13.9 Å². The average Bonchev–Trinajstić information content (AvgIpc) is 3.25. The Hall–Kier alpha value is -3.03. The quantitative estimate of drug-likeness (QED) is 0.554. The van der Waals surface area contributed by atoms with Crippen molar-refractivity contribution in [2.45, 2.75) is 13.0 Å². The average molecular weight is 438 g/mol. The first-order valence-corrected chi connectivity index (χ1v) is 11.1. The van der Waals surface area contributed by atoms with Crippen LogP contribution in [0, 0.1) is 0 Å². The van der Waals surface area contributed by atoms with Crippen LogP contribution in [-0.2, 0) is 4.79 Å². The zero-order valence-electron chi connectivity index (χ0n) is 18.8. The van der Waals surface area contributed by atoms with E-state index in [9.17, 15) is 4.79 Å². The Labute approximate surface area is 188 Å². The fourth-order valence-corrected chi connectivity index (χ4v) is 3.91. The SMILES string of the molecule is COc1ccc(OCCN2CCN(CC(=O)NC(C)c3cc4ccccc4o3)CC2)cc1. The van der Waals surface area contributed by atoms with Gasteiger partial charge in [-0.3, -0.25) is 14.6 Å². The van der Waals surface area contributed by atoms with Crippen molar-refractivity contribution in [3.63, 3.8) is 0 Å². The molecule has 0 spiro atoms. The van der Waals surface area contributed by atoms with Crippen LogP contribution in [0.3, 0.4) is 0 Å².